The van der Waals surface area contributed by atoms with Crippen LogP contribution in [-0.4, -0.2) is 24.0 Å². The summed E-state index contributed by atoms with van der Waals surface area (Å²) < 4.78 is 0. The third kappa shape index (κ3) is 6.50. The van der Waals surface area contributed by atoms with E-state index >= 15 is 0 Å². The zero-order chi connectivity index (χ0) is 15.5. The van der Waals surface area contributed by atoms with Crippen LogP contribution in [0, 0.1) is 0 Å². The summed E-state index contributed by atoms with van der Waals surface area (Å²) in [5.41, 5.74) is 2.45. The number of rotatable bonds is 9. The molecule has 0 saturated heterocycles. The fourth-order valence-corrected chi connectivity index (χ4v) is 2.19. The zero-order valence-electron chi connectivity index (χ0n) is 12.8. The molecule has 2 aromatic rings. The van der Waals surface area contributed by atoms with Gasteiger partial charge >= 0.3 is 0 Å². The second kappa shape index (κ2) is 9.68. The van der Waals surface area contributed by atoms with Gasteiger partial charge in [0.25, 0.3) is 0 Å². The number of amides is 1. The molecule has 2 rings (SSSR count). The van der Waals surface area contributed by atoms with Crippen LogP contribution in [0.5, 0.6) is 0 Å². The van der Waals surface area contributed by atoms with Crippen molar-refractivity contribution in [2.45, 2.75) is 25.8 Å². The quantitative estimate of drug-likeness (QED) is 0.698. The lowest BCUT2D eigenvalue weighted by Gasteiger charge is -2.07. The van der Waals surface area contributed by atoms with Crippen LogP contribution in [0.15, 0.2) is 54.9 Å². The van der Waals surface area contributed by atoms with Crippen molar-refractivity contribution in [3.63, 3.8) is 0 Å². The minimum Gasteiger partial charge on any atom is -0.356 e. The molecule has 0 saturated carbocycles. The van der Waals surface area contributed by atoms with E-state index in [9.17, 15) is 4.79 Å². The summed E-state index contributed by atoms with van der Waals surface area (Å²) >= 11 is 0. The van der Waals surface area contributed by atoms with Gasteiger partial charge in [0.2, 0.25) is 5.91 Å². The van der Waals surface area contributed by atoms with Crippen molar-refractivity contribution in [2.24, 2.45) is 0 Å². The van der Waals surface area contributed by atoms with Gasteiger partial charge in [-0.2, -0.15) is 0 Å². The Morgan fingerprint density at radius 3 is 2.59 bits per heavy atom. The van der Waals surface area contributed by atoms with Crippen molar-refractivity contribution >= 4 is 5.91 Å². The van der Waals surface area contributed by atoms with E-state index in [-0.39, 0.29) is 5.91 Å². The Morgan fingerprint density at radius 1 is 1.00 bits per heavy atom. The molecule has 0 radical (unpaired) electrons. The molecule has 2 N–H and O–H groups in total. The maximum Gasteiger partial charge on any atom is 0.221 e. The van der Waals surface area contributed by atoms with Crippen LogP contribution in [0.2, 0.25) is 0 Å². The largest absolute Gasteiger partial charge is 0.356 e. The molecule has 1 heterocycles. The van der Waals surface area contributed by atoms with Gasteiger partial charge in [-0.1, -0.05) is 36.4 Å². The van der Waals surface area contributed by atoms with Crippen LogP contribution in [0.4, 0.5) is 0 Å². The number of hydrogen-bond acceptors (Lipinski definition) is 3. The van der Waals surface area contributed by atoms with E-state index in [0.717, 1.165) is 31.5 Å². The van der Waals surface area contributed by atoms with Gasteiger partial charge in [-0.25, -0.2) is 0 Å². The Morgan fingerprint density at radius 2 is 1.82 bits per heavy atom. The van der Waals surface area contributed by atoms with Crippen molar-refractivity contribution in [3.05, 3.63) is 66.0 Å². The Balaban J connectivity index is 1.49. The number of aryl methyl sites for hydroxylation is 1. The van der Waals surface area contributed by atoms with Crippen molar-refractivity contribution in [1.82, 2.24) is 15.6 Å². The highest BCUT2D eigenvalue weighted by Crippen LogP contribution is 2.01. The minimum absolute atomic E-state index is 0.103. The maximum absolute atomic E-state index is 11.7. The van der Waals surface area contributed by atoms with Gasteiger partial charge in [0.05, 0.1) is 0 Å². The fraction of sp³-hybridized carbons (Fsp3) is 0.333. The van der Waals surface area contributed by atoms with Gasteiger partial charge in [0.1, 0.15) is 0 Å². The summed E-state index contributed by atoms with van der Waals surface area (Å²) in [5.74, 6) is 0.103. The lowest BCUT2D eigenvalue weighted by molar-refractivity contribution is -0.121. The summed E-state index contributed by atoms with van der Waals surface area (Å²) in [6, 6.07) is 14.3. The van der Waals surface area contributed by atoms with Gasteiger partial charge in [-0.3, -0.25) is 9.78 Å². The van der Waals surface area contributed by atoms with E-state index < -0.39 is 0 Å². The number of carbonyl (C=O) groups excluding carboxylic acids is 1. The van der Waals surface area contributed by atoms with Crippen LogP contribution < -0.4 is 10.6 Å². The number of pyridine rings is 1. The molecule has 0 aliphatic rings. The van der Waals surface area contributed by atoms with Crippen molar-refractivity contribution in [2.75, 3.05) is 13.1 Å². The highest BCUT2D eigenvalue weighted by atomic mass is 16.1. The molecule has 4 nitrogen and oxygen atoms in total. The third-order valence-corrected chi connectivity index (χ3v) is 3.39. The first-order chi connectivity index (χ1) is 10.8. The van der Waals surface area contributed by atoms with Gasteiger partial charge in [-0.15, -0.1) is 0 Å². The number of nitrogens with one attached hydrogen (secondary N) is 2. The molecule has 22 heavy (non-hydrogen) atoms. The lowest BCUT2D eigenvalue weighted by Crippen LogP contribution is -2.28. The maximum atomic E-state index is 11.7. The lowest BCUT2D eigenvalue weighted by atomic mass is 10.1. The Hall–Kier alpha value is -2.20. The van der Waals surface area contributed by atoms with E-state index in [1.54, 1.807) is 6.20 Å². The predicted octanol–water partition coefficient (Wildman–Crippen LogP) is 2.31. The second-order valence-electron chi connectivity index (χ2n) is 5.23. The highest BCUT2D eigenvalue weighted by Gasteiger charge is 2.00. The molecule has 1 aromatic carbocycles. The van der Waals surface area contributed by atoms with Crippen LogP contribution in [0.25, 0.3) is 0 Å². The molecule has 0 atom stereocenters. The van der Waals surface area contributed by atoms with E-state index in [1.807, 2.05) is 36.5 Å². The first-order valence-electron chi connectivity index (χ1n) is 7.75. The molecule has 0 fully saturated rings. The summed E-state index contributed by atoms with van der Waals surface area (Å²) in [6.45, 7) is 2.16. The zero-order valence-corrected chi connectivity index (χ0v) is 12.8. The Labute approximate surface area is 132 Å². The van der Waals surface area contributed by atoms with Crippen LogP contribution in [-0.2, 0) is 17.8 Å². The molecule has 1 amide bonds. The van der Waals surface area contributed by atoms with E-state index in [1.165, 1.54) is 5.56 Å². The molecule has 0 aliphatic carbocycles. The van der Waals surface area contributed by atoms with E-state index in [2.05, 4.69) is 27.8 Å². The average molecular weight is 297 g/mol. The highest BCUT2D eigenvalue weighted by molar-refractivity contribution is 5.75. The van der Waals surface area contributed by atoms with E-state index in [4.69, 9.17) is 0 Å². The Bertz CT molecular complexity index is 493. The normalized spacial score (nSPS) is 10.4. The third-order valence-electron chi connectivity index (χ3n) is 3.39. The van der Waals surface area contributed by atoms with Gasteiger partial charge in [0, 0.05) is 38.4 Å². The van der Waals surface area contributed by atoms with Crippen LogP contribution in [0.1, 0.15) is 24.0 Å². The summed E-state index contributed by atoms with van der Waals surface area (Å²) in [4.78, 5) is 15.8. The molecule has 0 aliphatic heterocycles. The first kappa shape index (κ1) is 16.2. The van der Waals surface area contributed by atoms with Crippen LogP contribution in [0.3, 0.4) is 0 Å². The summed E-state index contributed by atoms with van der Waals surface area (Å²) in [6.07, 6.45) is 6.06. The summed E-state index contributed by atoms with van der Waals surface area (Å²) in [7, 11) is 0. The van der Waals surface area contributed by atoms with Crippen molar-refractivity contribution in [3.8, 4) is 0 Å². The first-order valence-corrected chi connectivity index (χ1v) is 7.75. The molecule has 0 unspecified atom stereocenters. The smallest absolute Gasteiger partial charge is 0.221 e. The number of aromatic nitrogens is 1. The van der Waals surface area contributed by atoms with Gasteiger partial charge < -0.3 is 10.6 Å². The molecular formula is C18H23N3O. The van der Waals surface area contributed by atoms with Crippen molar-refractivity contribution in [1.29, 1.82) is 0 Å². The topological polar surface area (TPSA) is 54.0 Å². The fourth-order valence-electron chi connectivity index (χ4n) is 2.19. The monoisotopic (exact) mass is 297 g/mol. The number of carbonyl (C=O) groups is 1. The van der Waals surface area contributed by atoms with Gasteiger partial charge in [-0.05, 0) is 30.0 Å². The number of nitrogens with zero attached hydrogens (tertiary/aromatic N) is 1. The molecular weight excluding hydrogens is 274 g/mol. The SMILES string of the molecule is O=C(CCNCc1cccnc1)NCCCc1ccccc1. The number of benzene rings is 1. The second-order valence-corrected chi connectivity index (χ2v) is 5.23. The molecule has 4 heteroatoms. The van der Waals surface area contributed by atoms with Crippen molar-refractivity contribution < 1.29 is 4.79 Å². The minimum atomic E-state index is 0.103. The van der Waals surface area contributed by atoms with E-state index in [0.29, 0.717) is 13.0 Å². The standard InChI is InChI=1S/C18H23N3O/c22-18(10-13-20-15-17-9-4-11-19-14-17)21-12-5-8-16-6-2-1-3-7-16/h1-4,6-7,9,11,14,20H,5,8,10,12-13,15H2,(H,21,22). The summed E-state index contributed by atoms with van der Waals surface area (Å²) in [5, 5.41) is 6.21. The molecule has 0 spiro atoms. The molecule has 116 valence electrons. The number of hydrogen-bond donors (Lipinski definition) is 2. The molecule has 0 bridgehead atoms. The van der Waals surface area contributed by atoms with Gasteiger partial charge in [0.15, 0.2) is 0 Å². The Kier molecular flexibility index (Phi) is 7.12. The molecule has 1 aromatic heterocycles. The van der Waals surface area contributed by atoms with Crippen LogP contribution >= 0.6 is 0 Å². The predicted molar refractivity (Wildman–Crippen MR) is 88.3 cm³/mol. The average Bonchev–Trinajstić information content (AvgIpc) is 2.57.